The van der Waals surface area contributed by atoms with Gasteiger partial charge in [0.25, 0.3) is 0 Å². The van der Waals surface area contributed by atoms with Gasteiger partial charge in [0.05, 0.1) is 28.8 Å². The number of aryl methyl sites for hydroxylation is 3. The average Bonchev–Trinajstić information content (AvgIpc) is 3.27. The van der Waals surface area contributed by atoms with Crippen LogP contribution in [-0.2, 0) is 7.05 Å². The second-order valence-corrected chi connectivity index (χ2v) is 8.56. The molecule has 0 bridgehead atoms. The Labute approximate surface area is 208 Å². The lowest BCUT2D eigenvalue weighted by molar-refractivity contribution is 0.459. The van der Waals surface area contributed by atoms with Gasteiger partial charge in [-0.15, -0.1) is 0 Å². The van der Waals surface area contributed by atoms with Crippen LogP contribution in [0.5, 0.6) is 11.6 Å². The van der Waals surface area contributed by atoms with Crippen LogP contribution in [-0.4, -0.2) is 14.5 Å². The third kappa shape index (κ3) is 4.34. The Morgan fingerprint density at radius 2 is 1.42 bits per heavy atom. The smallest absolute Gasteiger partial charge is 0.249 e. The van der Waals surface area contributed by atoms with Gasteiger partial charge in [0, 0.05) is 18.9 Å². The molecule has 2 heterocycles. The number of fused-ring (bicyclic) bond motifs is 1. The number of rotatable bonds is 5. The average molecular weight is 471 g/mol. The standard InChI is InChI=1S/C29H22N6O/c1-18-14-23(22-8-4-20(16-30)5-9-22)15-19(2)27(18)36-28-26-25(12-13-35(26)3)33-29(34-28)32-24-10-6-21(17-31)7-11-24/h4-15H,1-3H3,(H,32,33,34). The van der Waals surface area contributed by atoms with E-state index in [1.54, 1.807) is 12.1 Å². The normalized spacial score (nSPS) is 10.6. The summed E-state index contributed by atoms with van der Waals surface area (Å²) in [5, 5.41) is 21.3. The first-order chi connectivity index (χ1) is 17.4. The number of hydrogen-bond donors (Lipinski definition) is 1. The summed E-state index contributed by atoms with van der Waals surface area (Å²) in [4.78, 5) is 9.33. The Hall–Kier alpha value is -5.14. The van der Waals surface area contributed by atoms with Crippen molar-refractivity contribution >= 4 is 22.7 Å². The minimum absolute atomic E-state index is 0.401. The summed E-state index contributed by atoms with van der Waals surface area (Å²) in [5.74, 6) is 1.58. The molecule has 0 aliphatic rings. The number of ether oxygens (including phenoxy) is 1. The zero-order valence-electron chi connectivity index (χ0n) is 20.1. The second-order valence-electron chi connectivity index (χ2n) is 8.56. The molecule has 36 heavy (non-hydrogen) atoms. The van der Waals surface area contributed by atoms with E-state index in [1.807, 2.05) is 74.1 Å². The van der Waals surface area contributed by atoms with Crippen molar-refractivity contribution in [2.45, 2.75) is 13.8 Å². The summed E-state index contributed by atoms with van der Waals surface area (Å²) in [5.41, 5.74) is 7.55. The molecule has 7 heteroatoms. The molecule has 0 radical (unpaired) electrons. The summed E-state index contributed by atoms with van der Waals surface area (Å²) in [7, 11) is 1.93. The van der Waals surface area contributed by atoms with Crippen LogP contribution in [0.25, 0.3) is 22.2 Å². The van der Waals surface area contributed by atoms with Crippen LogP contribution in [0.4, 0.5) is 11.6 Å². The third-order valence-electron chi connectivity index (χ3n) is 5.96. The maximum Gasteiger partial charge on any atom is 0.249 e. The van der Waals surface area contributed by atoms with Crippen LogP contribution in [0.3, 0.4) is 0 Å². The molecule has 5 aromatic rings. The van der Waals surface area contributed by atoms with Crippen molar-refractivity contribution < 1.29 is 4.74 Å². The number of nitriles is 2. The van der Waals surface area contributed by atoms with Gasteiger partial charge in [0.15, 0.2) is 0 Å². The van der Waals surface area contributed by atoms with E-state index in [2.05, 4.69) is 39.6 Å². The second kappa shape index (κ2) is 9.25. The highest BCUT2D eigenvalue weighted by atomic mass is 16.5. The van der Waals surface area contributed by atoms with E-state index >= 15 is 0 Å². The summed E-state index contributed by atoms with van der Waals surface area (Å²) >= 11 is 0. The monoisotopic (exact) mass is 470 g/mol. The van der Waals surface area contributed by atoms with Crippen LogP contribution in [0.15, 0.2) is 72.9 Å². The predicted octanol–water partition coefficient (Wildman–Crippen LogP) is 6.53. The summed E-state index contributed by atoms with van der Waals surface area (Å²) in [6, 6.07) is 25.0. The quantitative estimate of drug-likeness (QED) is 0.313. The van der Waals surface area contributed by atoms with Crippen molar-refractivity contribution in [3.05, 3.63) is 95.2 Å². The van der Waals surface area contributed by atoms with Crippen molar-refractivity contribution in [2.75, 3.05) is 5.32 Å². The van der Waals surface area contributed by atoms with E-state index < -0.39 is 0 Å². The Balaban J connectivity index is 1.51. The summed E-state index contributed by atoms with van der Waals surface area (Å²) in [6.45, 7) is 4.02. The number of nitrogens with one attached hydrogen (secondary N) is 1. The van der Waals surface area contributed by atoms with Gasteiger partial charge in [-0.3, -0.25) is 0 Å². The number of anilines is 2. The first-order valence-electron chi connectivity index (χ1n) is 11.3. The Bertz CT molecular complexity index is 1650. The topological polar surface area (TPSA) is 99.5 Å². The molecule has 0 atom stereocenters. The maximum atomic E-state index is 9.07. The van der Waals surface area contributed by atoms with Gasteiger partial charge >= 0.3 is 0 Å². The molecule has 0 aliphatic carbocycles. The predicted molar refractivity (Wildman–Crippen MR) is 139 cm³/mol. The molecule has 174 valence electrons. The van der Waals surface area contributed by atoms with Crippen molar-refractivity contribution in [1.29, 1.82) is 10.5 Å². The maximum absolute atomic E-state index is 9.07. The van der Waals surface area contributed by atoms with Gasteiger partial charge in [-0.25, -0.2) is 4.98 Å². The molecule has 0 spiro atoms. The zero-order chi connectivity index (χ0) is 25.2. The molecule has 5 rings (SSSR count). The molecule has 3 aromatic carbocycles. The minimum atomic E-state index is 0.401. The SMILES string of the molecule is Cc1cc(-c2ccc(C#N)cc2)cc(C)c1Oc1nc(Nc2ccc(C#N)cc2)nc2ccn(C)c12. The molecular weight excluding hydrogens is 448 g/mol. The molecule has 1 N–H and O–H groups in total. The van der Waals surface area contributed by atoms with Gasteiger partial charge < -0.3 is 14.6 Å². The van der Waals surface area contributed by atoms with Crippen molar-refractivity contribution in [2.24, 2.45) is 7.05 Å². The van der Waals surface area contributed by atoms with Crippen molar-refractivity contribution in [3.8, 4) is 34.9 Å². The zero-order valence-corrected chi connectivity index (χ0v) is 20.1. The van der Waals surface area contributed by atoms with E-state index in [1.165, 1.54) is 0 Å². The molecule has 0 saturated heterocycles. The van der Waals surface area contributed by atoms with Crippen LogP contribution in [0.2, 0.25) is 0 Å². The molecular formula is C29H22N6O. The fraction of sp³-hybridized carbons (Fsp3) is 0.103. The van der Waals surface area contributed by atoms with E-state index in [4.69, 9.17) is 15.3 Å². The van der Waals surface area contributed by atoms with Crippen LogP contribution in [0, 0.1) is 36.5 Å². The van der Waals surface area contributed by atoms with Crippen LogP contribution >= 0.6 is 0 Å². The Morgan fingerprint density at radius 1 is 0.806 bits per heavy atom. The summed E-state index contributed by atoms with van der Waals surface area (Å²) in [6.07, 6.45) is 1.92. The van der Waals surface area contributed by atoms with Gasteiger partial charge in [-0.1, -0.05) is 12.1 Å². The van der Waals surface area contributed by atoms with E-state index in [0.717, 1.165) is 44.7 Å². The first-order valence-corrected chi connectivity index (χ1v) is 11.3. The van der Waals surface area contributed by atoms with E-state index in [0.29, 0.717) is 23.0 Å². The van der Waals surface area contributed by atoms with Crippen molar-refractivity contribution in [1.82, 2.24) is 14.5 Å². The van der Waals surface area contributed by atoms with Gasteiger partial charge in [-0.2, -0.15) is 15.5 Å². The fourth-order valence-corrected chi connectivity index (χ4v) is 4.15. The fourth-order valence-electron chi connectivity index (χ4n) is 4.15. The molecule has 2 aromatic heterocycles. The lowest BCUT2D eigenvalue weighted by Crippen LogP contribution is -2.02. The molecule has 0 unspecified atom stereocenters. The van der Waals surface area contributed by atoms with E-state index in [-0.39, 0.29) is 0 Å². The van der Waals surface area contributed by atoms with E-state index in [9.17, 15) is 0 Å². The van der Waals surface area contributed by atoms with Gasteiger partial charge in [-0.05, 0) is 90.7 Å². The molecule has 0 saturated carbocycles. The number of nitrogens with zero attached hydrogens (tertiary/aromatic N) is 5. The summed E-state index contributed by atoms with van der Waals surface area (Å²) < 4.78 is 8.37. The molecule has 0 aliphatic heterocycles. The highest BCUT2D eigenvalue weighted by Gasteiger charge is 2.16. The van der Waals surface area contributed by atoms with Gasteiger partial charge in [0.2, 0.25) is 11.8 Å². The highest BCUT2D eigenvalue weighted by Crippen LogP contribution is 2.36. The number of benzene rings is 3. The third-order valence-corrected chi connectivity index (χ3v) is 5.96. The van der Waals surface area contributed by atoms with Crippen molar-refractivity contribution in [3.63, 3.8) is 0 Å². The molecule has 0 amide bonds. The Kier molecular flexibility index (Phi) is 5.82. The van der Waals surface area contributed by atoms with Gasteiger partial charge in [0.1, 0.15) is 11.3 Å². The lowest BCUT2D eigenvalue weighted by atomic mass is 9.99. The number of hydrogen-bond acceptors (Lipinski definition) is 6. The molecule has 7 nitrogen and oxygen atoms in total. The number of aromatic nitrogens is 3. The van der Waals surface area contributed by atoms with Crippen LogP contribution < -0.4 is 10.1 Å². The van der Waals surface area contributed by atoms with Crippen LogP contribution in [0.1, 0.15) is 22.3 Å². The lowest BCUT2D eigenvalue weighted by Gasteiger charge is -2.15. The minimum Gasteiger partial charge on any atom is -0.436 e. The largest absolute Gasteiger partial charge is 0.436 e. The first kappa shape index (κ1) is 22.6. The highest BCUT2D eigenvalue weighted by molar-refractivity contribution is 5.83. The molecule has 0 fully saturated rings. The Morgan fingerprint density at radius 3 is 2.03 bits per heavy atom.